The Balaban J connectivity index is 2.02. The Labute approximate surface area is 112 Å². The molecule has 0 saturated heterocycles. The Morgan fingerprint density at radius 2 is 2.39 bits per heavy atom. The van der Waals surface area contributed by atoms with Crippen LogP contribution in [0.3, 0.4) is 0 Å². The van der Waals surface area contributed by atoms with E-state index in [9.17, 15) is 0 Å². The molecule has 0 aliphatic rings. The molecule has 3 aromatic rings. The lowest BCUT2D eigenvalue weighted by Gasteiger charge is -2.02. The first-order valence-corrected chi connectivity index (χ1v) is 7.10. The van der Waals surface area contributed by atoms with Gasteiger partial charge in [0.2, 0.25) is 0 Å². The topological polar surface area (TPSA) is 60.0 Å². The van der Waals surface area contributed by atoms with Gasteiger partial charge in [0.25, 0.3) is 0 Å². The van der Waals surface area contributed by atoms with Crippen LogP contribution < -0.4 is 5.32 Å². The smallest absolute Gasteiger partial charge is 0.194 e. The molecule has 3 aromatic heterocycles. The summed E-state index contributed by atoms with van der Waals surface area (Å²) in [4.78, 5) is 9.85. The number of aryl methyl sites for hydroxylation is 1. The Morgan fingerprint density at radius 3 is 3.11 bits per heavy atom. The van der Waals surface area contributed by atoms with Crippen molar-refractivity contribution in [2.24, 2.45) is 7.05 Å². The van der Waals surface area contributed by atoms with E-state index in [0.29, 0.717) is 0 Å². The average molecular weight is 280 g/mol. The summed E-state index contributed by atoms with van der Waals surface area (Å²) >= 11 is 3.17. The fourth-order valence-corrected chi connectivity index (χ4v) is 3.35. The molecule has 94 valence electrons. The highest BCUT2D eigenvalue weighted by Gasteiger charge is 2.15. The van der Waals surface area contributed by atoms with E-state index < -0.39 is 0 Å². The van der Waals surface area contributed by atoms with Crippen LogP contribution in [-0.2, 0) is 13.6 Å². The van der Waals surface area contributed by atoms with Crippen LogP contribution in [0.25, 0.3) is 4.96 Å². The minimum Gasteiger partial charge on any atom is -0.314 e. The first-order valence-electron chi connectivity index (χ1n) is 5.40. The van der Waals surface area contributed by atoms with Gasteiger partial charge < -0.3 is 5.32 Å². The quantitative estimate of drug-likeness (QED) is 0.782. The molecule has 0 spiro atoms. The number of fused-ring (bicyclic) bond motifs is 1. The summed E-state index contributed by atoms with van der Waals surface area (Å²) in [5.74, 6) is 0. The molecule has 0 bridgehead atoms. The third-order valence-corrected chi connectivity index (χ3v) is 4.36. The van der Waals surface area contributed by atoms with Crippen LogP contribution in [0.2, 0.25) is 0 Å². The number of imidazole rings is 1. The normalized spacial score (nSPS) is 11.4. The molecule has 0 radical (unpaired) electrons. The molecule has 0 fully saturated rings. The number of thiazole rings is 1. The molecule has 0 amide bonds. The zero-order valence-corrected chi connectivity index (χ0v) is 11.6. The number of nitrogens with zero attached hydrogens (tertiary/aromatic N) is 5. The van der Waals surface area contributed by atoms with Gasteiger partial charge in [-0.1, -0.05) is 0 Å². The second-order valence-electron chi connectivity index (χ2n) is 3.72. The van der Waals surface area contributed by atoms with Gasteiger partial charge in [0.05, 0.1) is 5.69 Å². The molecule has 18 heavy (non-hydrogen) atoms. The van der Waals surface area contributed by atoms with Gasteiger partial charge >= 0.3 is 0 Å². The van der Waals surface area contributed by atoms with Crippen molar-refractivity contribution in [2.75, 3.05) is 7.05 Å². The zero-order chi connectivity index (χ0) is 12.5. The van der Waals surface area contributed by atoms with Gasteiger partial charge in [-0.3, -0.25) is 4.40 Å². The number of rotatable bonds is 4. The summed E-state index contributed by atoms with van der Waals surface area (Å²) in [6.45, 7) is 0.776. The lowest BCUT2D eigenvalue weighted by Crippen LogP contribution is -2.08. The second kappa shape index (κ2) is 4.71. The van der Waals surface area contributed by atoms with E-state index in [0.717, 1.165) is 27.4 Å². The van der Waals surface area contributed by atoms with E-state index >= 15 is 0 Å². The number of hydrogen-bond donors (Lipinski definition) is 1. The van der Waals surface area contributed by atoms with E-state index in [1.807, 2.05) is 25.7 Å². The van der Waals surface area contributed by atoms with Gasteiger partial charge in [-0.25, -0.2) is 14.6 Å². The van der Waals surface area contributed by atoms with Crippen molar-refractivity contribution in [3.8, 4) is 0 Å². The lowest BCUT2D eigenvalue weighted by atomic mass is 10.5. The highest BCUT2D eigenvalue weighted by Crippen LogP contribution is 2.30. The van der Waals surface area contributed by atoms with Crippen molar-refractivity contribution < 1.29 is 0 Å². The van der Waals surface area contributed by atoms with Crippen LogP contribution in [0.15, 0.2) is 28.1 Å². The van der Waals surface area contributed by atoms with E-state index in [-0.39, 0.29) is 0 Å². The average Bonchev–Trinajstić information content (AvgIpc) is 3.01. The van der Waals surface area contributed by atoms with Crippen molar-refractivity contribution in [3.05, 3.63) is 23.6 Å². The number of aromatic nitrogens is 5. The summed E-state index contributed by atoms with van der Waals surface area (Å²) in [6.07, 6.45) is 3.60. The minimum atomic E-state index is 0.776. The second-order valence-corrected chi connectivity index (χ2v) is 5.55. The van der Waals surface area contributed by atoms with Gasteiger partial charge in [0.1, 0.15) is 11.4 Å². The number of hydrogen-bond acceptors (Lipinski definition) is 6. The Bertz CT molecular complexity index is 667. The summed E-state index contributed by atoms with van der Waals surface area (Å²) in [5, 5.41) is 11.1. The first-order chi connectivity index (χ1) is 8.79. The zero-order valence-electron chi connectivity index (χ0n) is 9.99. The molecule has 0 saturated carbocycles. The summed E-state index contributed by atoms with van der Waals surface area (Å²) in [6, 6.07) is 0. The molecule has 8 heteroatoms. The molecule has 1 N–H and O–H groups in total. The van der Waals surface area contributed by atoms with Crippen LogP contribution >= 0.6 is 23.1 Å². The molecular formula is C10H12N6S2. The fourth-order valence-electron chi connectivity index (χ4n) is 1.69. The maximum absolute atomic E-state index is 4.63. The standard InChI is InChI=1S/C10H12N6S2/c1-11-5-7-8(14-10-16(7)3-4-17-10)18-9-12-6-13-15(9)2/h3-4,6,11H,5H2,1-2H3. The molecule has 0 aliphatic heterocycles. The predicted octanol–water partition coefficient (Wildman–Crippen LogP) is 1.39. The Hall–Kier alpha value is -1.38. The van der Waals surface area contributed by atoms with Crippen molar-refractivity contribution in [1.29, 1.82) is 0 Å². The predicted molar refractivity (Wildman–Crippen MR) is 71.0 cm³/mol. The molecule has 3 heterocycles. The molecule has 3 rings (SSSR count). The van der Waals surface area contributed by atoms with Crippen LogP contribution in [0.4, 0.5) is 0 Å². The first kappa shape index (κ1) is 11.7. The van der Waals surface area contributed by atoms with Gasteiger partial charge in [-0.2, -0.15) is 5.10 Å². The van der Waals surface area contributed by atoms with Crippen LogP contribution in [0.5, 0.6) is 0 Å². The molecule has 0 atom stereocenters. The van der Waals surface area contributed by atoms with Crippen molar-refractivity contribution >= 4 is 28.1 Å². The third-order valence-electron chi connectivity index (χ3n) is 2.53. The van der Waals surface area contributed by atoms with Crippen molar-refractivity contribution in [1.82, 2.24) is 29.5 Å². The summed E-state index contributed by atoms with van der Waals surface area (Å²) in [7, 11) is 3.81. The van der Waals surface area contributed by atoms with Crippen molar-refractivity contribution in [2.45, 2.75) is 16.7 Å². The lowest BCUT2D eigenvalue weighted by molar-refractivity contribution is 0.683. The van der Waals surface area contributed by atoms with Crippen LogP contribution in [0.1, 0.15) is 5.69 Å². The SMILES string of the molecule is CNCc1c(Sc2ncnn2C)nc2sccn12. The summed E-state index contributed by atoms with van der Waals surface area (Å²) < 4.78 is 3.86. The molecule has 0 aliphatic carbocycles. The van der Waals surface area contributed by atoms with Gasteiger partial charge in [-0.15, -0.1) is 11.3 Å². The summed E-state index contributed by atoms with van der Waals surface area (Å²) in [5.41, 5.74) is 1.15. The van der Waals surface area contributed by atoms with Gasteiger partial charge in [0, 0.05) is 25.2 Å². The van der Waals surface area contributed by atoms with Crippen LogP contribution in [0, 0.1) is 0 Å². The van der Waals surface area contributed by atoms with E-state index in [1.54, 1.807) is 34.1 Å². The molecular weight excluding hydrogens is 268 g/mol. The van der Waals surface area contributed by atoms with Gasteiger partial charge in [0.15, 0.2) is 10.1 Å². The highest BCUT2D eigenvalue weighted by atomic mass is 32.2. The molecule has 0 unspecified atom stereocenters. The monoisotopic (exact) mass is 280 g/mol. The van der Waals surface area contributed by atoms with Crippen molar-refractivity contribution in [3.63, 3.8) is 0 Å². The fraction of sp³-hybridized carbons (Fsp3) is 0.300. The highest BCUT2D eigenvalue weighted by molar-refractivity contribution is 7.99. The van der Waals surface area contributed by atoms with Crippen LogP contribution in [-0.4, -0.2) is 31.2 Å². The minimum absolute atomic E-state index is 0.776. The Morgan fingerprint density at radius 1 is 1.50 bits per heavy atom. The maximum atomic E-state index is 4.63. The van der Waals surface area contributed by atoms with E-state index in [1.165, 1.54) is 0 Å². The maximum Gasteiger partial charge on any atom is 0.194 e. The van der Waals surface area contributed by atoms with Gasteiger partial charge in [-0.05, 0) is 18.8 Å². The van der Waals surface area contributed by atoms with E-state index in [4.69, 9.17) is 0 Å². The molecule has 6 nitrogen and oxygen atoms in total. The molecule has 0 aromatic carbocycles. The number of nitrogens with one attached hydrogen (secondary N) is 1. The van der Waals surface area contributed by atoms with E-state index in [2.05, 4.69) is 24.8 Å². The Kier molecular flexibility index (Phi) is 3.06. The largest absolute Gasteiger partial charge is 0.314 e. The third kappa shape index (κ3) is 1.92.